The Hall–Kier alpha value is -0.750. The summed E-state index contributed by atoms with van der Waals surface area (Å²) in [4.78, 5) is 16.3. The molecule has 19 heavy (non-hydrogen) atoms. The molecule has 1 fully saturated rings. The molecule has 1 aromatic heterocycles. The third-order valence-electron chi connectivity index (χ3n) is 3.38. The van der Waals surface area contributed by atoms with Gasteiger partial charge in [0.05, 0.1) is 15.2 Å². The van der Waals surface area contributed by atoms with Crippen LogP contribution >= 0.6 is 23.1 Å². The Bertz CT molecular complexity index is 441. The van der Waals surface area contributed by atoms with Gasteiger partial charge in [0, 0.05) is 6.04 Å². The Morgan fingerprint density at radius 2 is 2.16 bits per heavy atom. The zero-order valence-corrected chi connectivity index (χ0v) is 13.1. The van der Waals surface area contributed by atoms with Gasteiger partial charge < -0.3 is 11.1 Å². The molecule has 1 aliphatic carbocycles. The molecule has 1 aliphatic rings. The van der Waals surface area contributed by atoms with Gasteiger partial charge in [0.1, 0.15) is 0 Å². The molecular formula is C13H21N3OS2. The summed E-state index contributed by atoms with van der Waals surface area (Å²) in [6, 6.07) is 0.372. The molecule has 1 atom stereocenters. The lowest BCUT2D eigenvalue weighted by atomic mass is 9.95. The van der Waals surface area contributed by atoms with E-state index in [1.165, 1.54) is 30.6 Å². The second kappa shape index (κ2) is 6.61. The Labute approximate surface area is 122 Å². The van der Waals surface area contributed by atoms with Gasteiger partial charge in [-0.1, -0.05) is 30.6 Å². The smallest absolute Gasteiger partial charge is 0.233 e. The van der Waals surface area contributed by atoms with E-state index < -0.39 is 0 Å². The van der Waals surface area contributed by atoms with Crippen molar-refractivity contribution in [2.24, 2.45) is 0 Å². The number of thioether (sulfide) groups is 1. The van der Waals surface area contributed by atoms with E-state index in [-0.39, 0.29) is 11.2 Å². The average molecular weight is 299 g/mol. The van der Waals surface area contributed by atoms with E-state index in [9.17, 15) is 4.79 Å². The van der Waals surface area contributed by atoms with Crippen LogP contribution < -0.4 is 11.1 Å². The van der Waals surface area contributed by atoms with Gasteiger partial charge in [-0.25, -0.2) is 4.98 Å². The quantitative estimate of drug-likeness (QED) is 0.839. The van der Waals surface area contributed by atoms with Crippen LogP contribution in [0.25, 0.3) is 0 Å². The van der Waals surface area contributed by atoms with Crippen molar-refractivity contribution in [2.45, 2.75) is 61.5 Å². The first-order valence-corrected chi connectivity index (χ1v) is 8.46. The molecule has 1 amide bonds. The van der Waals surface area contributed by atoms with E-state index in [1.54, 1.807) is 11.8 Å². The van der Waals surface area contributed by atoms with Crippen LogP contribution in [0.1, 0.15) is 44.7 Å². The van der Waals surface area contributed by atoms with Crippen molar-refractivity contribution in [3.05, 3.63) is 5.69 Å². The molecule has 0 spiro atoms. The predicted octanol–water partition coefficient (Wildman–Crippen LogP) is 2.96. The number of aryl methyl sites for hydroxylation is 1. The van der Waals surface area contributed by atoms with E-state index in [0.29, 0.717) is 11.2 Å². The Morgan fingerprint density at radius 3 is 2.74 bits per heavy atom. The molecule has 1 saturated carbocycles. The van der Waals surface area contributed by atoms with Crippen molar-refractivity contribution in [3.63, 3.8) is 0 Å². The van der Waals surface area contributed by atoms with Crippen LogP contribution in [-0.4, -0.2) is 22.2 Å². The minimum absolute atomic E-state index is 0.0968. The number of hydrogen-bond donors (Lipinski definition) is 2. The highest BCUT2D eigenvalue weighted by atomic mass is 32.2. The molecule has 1 unspecified atom stereocenters. The Balaban J connectivity index is 1.86. The zero-order valence-electron chi connectivity index (χ0n) is 11.4. The monoisotopic (exact) mass is 299 g/mol. The number of nitrogens with two attached hydrogens (primary N) is 1. The highest BCUT2D eigenvalue weighted by Gasteiger charge is 2.21. The first kappa shape index (κ1) is 14.7. The molecule has 106 valence electrons. The second-order valence-corrected chi connectivity index (χ2v) is 7.67. The van der Waals surface area contributed by atoms with Crippen molar-refractivity contribution in [3.8, 4) is 0 Å². The Kier molecular flexibility index (Phi) is 5.10. The summed E-state index contributed by atoms with van der Waals surface area (Å²) >= 11 is 3.01. The third kappa shape index (κ3) is 4.11. The number of carbonyl (C=O) groups is 1. The second-order valence-electron chi connectivity index (χ2n) is 5.03. The van der Waals surface area contributed by atoms with Crippen LogP contribution in [-0.2, 0) is 4.79 Å². The van der Waals surface area contributed by atoms with Crippen LogP contribution in [0.15, 0.2) is 4.21 Å². The minimum Gasteiger partial charge on any atom is -0.375 e. The third-order valence-corrected chi connectivity index (χ3v) is 5.77. The fraction of sp³-hybridized carbons (Fsp3) is 0.692. The summed E-state index contributed by atoms with van der Waals surface area (Å²) in [6.07, 6.45) is 6.01. The summed E-state index contributed by atoms with van der Waals surface area (Å²) in [5.74, 6) is 0.128. The van der Waals surface area contributed by atoms with E-state index in [4.69, 9.17) is 5.73 Å². The number of rotatable bonds is 4. The van der Waals surface area contributed by atoms with Gasteiger partial charge in [-0.05, 0) is 26.7 Å². The van der Waals surface area contributed by atoms with Gasteiger partial charge >= 0.3 is 0 Å². The summed E-state index contributed by atoms with van der Waals surface area (Å²) in [5, 5.41) is 3.63. The van der Waals surface area contributed by atoms with Crippen molar-refractivity contribution >= 4 is 34.1 Å². The van der Waals surface area contributed by atoms with E-state index in [1.807, 2.05) is 13.8 Å². The summed E-state index contributed by atoms with van der Waals surface area (Å²) < 4.78 is 1.05. The molecule has 0 aromatic carbocycles. The van der Waals surface area contributed by atoms with Gasteiger partial charge in [-0.2, -0.15) is 0 Å². The standard InChI is InChI=1S/C13H21N3OS2/c1-8-12(19-13(14)15-8)18-9(2)11(17)16-10-6-4-3-5-7-10/h9-10H,3-7H2,1-2H3,(H2,14,15)(H,16,17). The lowest BCUT2D eigenvalue weighted by Gasteiger charge is -2.24. The van der Waals surface area contributed by atoms with Gasteiger partial charge in [-0.3, -0.25) is 4.79 Å². The number of anilines is 1. The first-order valence-electron chi connectivity index (χ1n) is 6.76. The maximum absolute atomic E-state index is 12.2. The number of carbonyl (C=O) groups excluding carboxylic acids is 1. The molecular weight excluding hydrogens is 278 g/mol. The van der Waals surface area contributed by atoms with Crippen molar-refractivity contribution in [1.29, 1.82) is 0 Å². The van der Waals surface area contributed by atoms with Crippen LogP contribution in [0.4, 0.5) is 5.13 Å². The minimum atomic E-state index is -0.0968. The van der Waals surface area contributed by atoms with Gasteiger partial charge in [0.25, 0.3) is 0 Å². The Morgan fingerprint density at radius 1 is 1.47 bits per heavy atom. The molecule has 1 heterocycles. The normalized spacial score (nSPS) is 18.2. The van der Waals surface area contributed by atoms with Crippen LogP contribution in [0.5, 0.6) is 0 Å². The van der Waals surface area contributed by atoms with Crippen LogP contribution in [0.2, 0.25) is 0 Å². The molecule has 0 radical (unpaired) electrons. The van der Waals surface area contributed by atoms with E-state index in [2.05, 4.69) is 10.3 Å². The van der Waals surface area contributed by atoms with Crippen molar-refractivity contribution in [2.75, 3.05) is 5.73 Å². The largest absolute Gasteiger partial charge is 0.375 e. The summed E-state index contributed by atoms with van der Waals surface area (Å²) in [6.45, 7) is 3.87. The molecule has 0 saturated heterocycles. The topological polar surface area (TPSA) is 68.0 Å². The number of nitrogens with one attached hydrogen (secondary N) is 1. The fourth-order valence-electron chi connectivity index (χ4n) is 2.29. The number of nitrogens with zero attached hydrogens (tertiary/aromatic N) is 1. The van der Waals surface area contributed by atoms with Crippen LogP contribution in [0, 0.1) is 6.92 Å². The predicted molar refractivity (Wildman–Crippen MR) is 81.6 cm³/mol. The lowest BCUT2D eigenvalue weighted by molar-refractivity contribution is -0.121. The highest BCUT2D eigenvalue weighted by Crippen LogP contribution is 2.33. The lowest BCUT2D eigenvalue weighted by Crippen LogP contribution is -2.40. The highest BCUT2D eigenvalue weighted by molar-refractivity contribution is 8.02. The molecule has 0 aliphatic heterocycles. The summed E-state index contributed by atoms with van der Waals surface area (Å²) in [5.41, 5.74) is 6.60. The number of thiazole rings is 1. The number of hydrogen-bond acceptors (Lipinski definition) is 5. The molecule has 2 rings (SSSR count). The van der Waals surface area contributed by atoms with Gasteiger partial charge in [-0.15, -0.1) is 11.8 Å². The molecule has 6 heteroatoms. The number of nitrogen functional groups attached to an aromatic ring is 1. The molecule has 3 N–H and O–H groups in total. The van der Waals surface area contributed by atoms with Crippen molar-refractivity contribution < 1.29 is 4.79 Å². The zero-order chi connectivity index (χ0) is 13.8. The van der Waals surface area contributed by atoms with E-state index in [0.717, 1.165) is 22.7 Å². The maximum atomic E-state index is 12.2. The van der Waals surface area contributed by atoms with E-state index >= 15 is 0 Å². The summed E-state index contributed by atoms with van der Waals surface area (Å²) in [7, 11) is 0. The number of amides is 1. The maximum Gasteiger partial charge on any atom is 0.233 e. The van der Waals surface area contributed by atoms with Gasteiger partial charge in [0.2, 0.25) is 5.91 Å². The SMILES string of the molecule is Cc1nc(N)sc1SC(C)C(=O)NC1CCCCC1. The molecule has 0 bridgehead atoms. The van der Waals surface area contributed by atoms with Crippen molar-refractivity contribution in [1.82, 2.24) is 10.3 Å². The molecule has 1 aromatic rings. The first-order chi connectivity index (χ1) is 9.06. The average Bonchev–Trinajstić information content (AvgIpc) is 2.69. The fourth-order valence-corrected chi connectivity index (χ4v) is 4.45. The number of aromatic nitrogens is 1. The molecule has 4 nitrogen and oxygen atoms in total. The van der Waals surface area contributed by atoms with Crippen LogP contribution in [0.3, 0.4) is 0 Å². The van der Waals surface area contributed by atoms with Gasteiger partial charge in [0.15, 0.2) is 5.13 Å².